The summed E-state index contributed by atoms with van der Waals surface area (Å²) in [5, 5.41) is 0.229. The van der Waals surface area contributed by atoms with Gasteiger partial charge in [0, 0.05) is 13.1 Å². The first-order valence-corrected chi connectivity index (χ1v) is 7.30. The van der Waals surface area contributed by atoms with Gasteiger partial charge in [0.2, 0.25) is 0 Å². The maximum atomic E-state index is 12.5. The predicted octanol–water partition coefficient (Wildman–Crippen LogP) is 3.49. The molecule has 1 aromatic heterocycles. The summed E-state index contributed by atoms with van der Waals surface area (Å²) in [4.78, 5) is 22.3. The van der Waals surface area contributed by atoms with E-state index in [2.05, 4.69) is 9.97 Å². The number of nitrogens with zero attached hydrogens (tertiary/aromatic N) is 3. The van der Waals surface area contributed by atoms with Crippen LogP contribution in [-0.2, 0) is 6.54 Å². The summed E-state index contributed by atoms with van der Waals surface area (Å²) in [5.74, 6) is -0.146. The molecule has 2 rings (SSSR count). The van der Waals surface area contributed by atoms with Crippen molar-refractivity contribution in [2.75, 3.05) is 6.54 Å². The van der Waals surface area contributed by atoms with Gasteiger partial charge in [-0.05, 0) is 18.9 Å². The van der Waals surface area contributed by atoms with E-state index in [1.54, 1.807) is 4.90 Å². The number of aromatic nitrogens is 2. The largest absolute Gasteiger partial charge is 0.333 e. The molecule has 0 spiro atoms. The highest BCUT2D eigenvalue weighted by Crippen LogP contribution is 2.11. The summed E-state index contributed by atoms with van der Waals surface area (Å²) >= 11 is 5.80. The maximum Gasteiger partial charge on any atom is 0.274 e. The van der Waals surface area contributed by atoms with Gasteiger partial charge in [-0.3, -0.25) is 9.78 Å². The molecular formula is C16H18ClN3O. The molecule has 0 bridgehead atoms. The number of hydrogen-bond donors (Lipinski definition) is 0. The zero-order valence-electron chi connectivity index (χ0n) is 12.2. The summed E-state index contributed by atoms with van der Waals surface area (Å²) in [6, 6.07) is 8.16. The van der Waals surface area contributed by atoms with E-state index in [0.717, 1.165) is 12.0 Å². The number of carbonyl (C=O) groups excluding carboxylic acids is 1. The molecule has 0 saturated heterocycles. The Hall–Kier alpha value is -1.94. The van der Waals surface area contributed by atoms with Gasteiger partial charge in [-0.2, -0.15) is 0 Å². The van der Waals surface area contributed by atoms with Crippen LogP contribution in [0.15, 0.2) is 36.7 Å². The van der Waals surface area contributed by atoms with Crippen LogP contribution in [0.4, 0.5) is 0 Å². The average molecular weight is 304 g/mol. The van der Waals surface area contributed by atoms with Crippen molar-refractivity contribution >= 4 is 17.5 Å². The van der Waals surface area contributed by atoms with E-state index in [1.165, 1.54) is 18.0 Å². The molecule has 0 radical (unpaired) electrons. The summed E-state index contributed by atoms with van der Waals surface area (Å²) in [7, 11) is 0. The number of hydrogen-bond acceptors (Lipinski definition) is 3. The van der Waals surface area contributed by atoms with Crippen LogP contribution in [0.5, 0.6) is 0 Å². The van der Waals surface area contributed by atoms with Crippen LogP contribution in [0.2, 0.25) is 5.15 Å². The zero-order chi connectivity index (χ0) is 15.2. The molecule has 0 atom stereocenters. The molecule has 0 fully saturated rings. The van der Waals surface area contributed by atoms with Gasteiger partial charge in [0.1, 0.15) is 10.8 Å². The molecule has 0 unspecified atom stereocenters. The van der Waals surface area contributed by atoms with Crippen LogP contribution in [0.3, 0.4) is 0 Å². The lowest BCUT2D eigenvalue weighted by molar-refractivity contribution is 0.0736. The molecule has 0 aliphatic heterocycles. The van der Waals surface area contributed by atoms with Gasteiger partial charge in [-0.25, -0.2) is 4.98 Å². The molecule has 1 heterocycles. The molecule has 0 aliphatic rings. The molecule has 1 amide bonds. The Bertz CT molecular complexity index is 613. The van der Waals surface area contributed by atoms with Crippen molar-refractivity contribution in [3.8, 4) is 0 Å². The fourth-order valence-corrected chi connectivity index (χ4v) is 2.19. The van der Waals surface area contributed by atoms with Gasteiger partial charge in [0.05, 0.1) is 12.4 Å². The molecule has 2 aromatic rings. The van der Waals surface area contributed by atoms with Crippen molar-refractivity contribution in [2.24, 2.45) is 0 Å². The zero-order valence-corrected chi connectivity index (χ0v) is 13.0. The van der Waals surface area contributed by atoms with Gasteiger partial charge < -0.3 is 4.90 Å². The van der Waals surface area contributed by atoms with Crippen molar-refractivity contribution in [3.63, 3.8) is 0 Å². The Kier molecular flexibility index (Phi) is 5.28. The second-order valence-electron chi connectivity index (χ2n) is 4.94. The smallest absolute Gasteiger partial charge is 0.274 e. The van der Waals surface area contributed by atoms with Crippen LogP contribution in [0, 0.1) is 6.92 Å². The number of benzene rings is 1. The van der Waals surface area contributed by atoms with E-state index in [4.69, 9.17) is 11.6 Å². The van der Waals surface area contributed by atoms with Crippen LogP contribution >= 0.6 is 11.6 Å². The summed E-state index contributed by atoms with van der Waals surface area (Å²) in [6.45, 7) is 5.31. The Morgan fingerprint density at radius 1 is 1.24 bits per heavy atom. The Balaban J connectivity index is 2.18. The first kappa shape index (κ1) is 15.4. The first-order valence-electron chi connectivity index (χ1n) is 6.92. The predicted molar refractivity (Wildman–Crippen MR) is 83.3 cm³/mol. The van der Waals surface area contributed by atoms with Crippen molar-refractivity contribution < 1.29 is 4.79 Å². The summed E-state index contributed by atoms with van der Waals surface area (Å²) in [5.41, 5.74) is 2.58. The van der Waals surface area contributed by atoms with Gasteiger partial charge in [-0.1, -0.05) is 48.4 Å². The van der Waals surface area contributed by atoms with Gasteiger partial charge in [0.15, 0.2) is 0 Å². The molecular weight excluding hydrogens is 286 g/mol. The van der Waals surface area contributed by atoms with Crippen molar-refractivity contribution in [2.45, 2.75) is 26.8 Å². The van der Waals surface area contributed by atoms with E-state index in [-0.39, 0.29) is 16.8 Å². The Morgan fingerprint density at radius 2 is 1.95 bits per heavy atom. The molecule has 4 nitrogen and oxygen atoms in total. The lowest BCUT2D eigenvalue weighted by Crippen LogP contribution is -2.32. The minimum absolute atomic E-state index is 0.146. The maximum absolute atomic E-state index is 12.5. The Morgan fingerprint density at radius 3 is 2.57 bits per heavy atom. The van der Waals surface area contributed by atoms with Crippen molar-refractivity contribution in [1.29, 1.82) is 0 Å². The molecule has 0 N–H and O–H groups in total. The highest BCUT2D eigenvalue weighted by Gasteiger charge is 2.17. The second kappa shape index (κ2) is 7.18. The van der Waals surface area contributed by atoms with E-state index >= 15 is 0 Å². The number of halogens is 1. The quantitative estimate of drug-likeness (QED) is 0.849. The lowest BCUT2D eigenvalue weighted by Gasteiger charge is -2.22. The van der Waals surface area contributed by atoms with E-state index in [9.17, 15) is 4.79 Å². The average Bonchev–Trinajstić information content (AvgIpc) is 2.48. The van der Waals surface area contributed by atoms with Crippen molar-refractivity contribution in [3.05, 3.63) is 58.6 Å². The van der Waals surface area contributed by atoms with Crippen LogP contribution in [0.1, 0.15) is 35.0 Å². The second-order valence-corrected chi connectivity index (χ2v) is 5.33. The third-order valence-corrected chi connectivity index (χ3v) is 3.28. The topological polar surface area (TPSA) is 46.1 Å². The number of amides is 1. The molecule has 110 valence electrons. The standard InChI is InChI=1S/C16H18ClN3O/c1-3-8-20(11-13-6-4-12(2)5-7-13)16(21)14-9-18-10-15(17)19-14/h4-7,9-10H,3,8,11H2,1-2H3. The Labute approximate surface area is 129 Å². The van der Waals surface area contributed by atoms with Crippen LogP contribution in [0.25, 0.3) is 0 Å². The monoisotopic (exact) mass is 303 g/mol. The molecule has 1 aromatic carbocycles. The number of carbonyl (C=O) groups is 1. The normalized spacial score (nSPS) is 10.4. The molecule has 5 heteroatoms. The fourth-order valence-electron chi connectivity index (χ4n) is 2.04. The van der Waals surface area contributed by atoms with E-state index in [1.807, 2.05) is 38.1 Å². The third kappa shape index (κ3) is 4.26. The minimum atomic E-state index is -0.146. The minimum Gasteiger partial charge on any atom is -0.333 e. The number of aryl methyl sites for hydroxylation is 1. The van der Waals surface area contributed by atoms with Crippen molar-refractivity contribution in [1.82, 2.24) is 14.9 Å². The van der Waals surface area contributed by atoms with Gasteiger partial charge in [0.25, 0.3) is 5.91 Å². The highest BCUT2D eigenvalue weighted by atomic mass is 35.5. The highest BCUT2D eigenvalue weighted by molar-refractivity contribution is 6.29. The third-order valence-electron chi connectivity index (χ3n) is 3.10. The summed E-state index contributed by atoms with van der Waals surface area (Å²) < 4.78 is 0. The SMILES string of the molecule is CCCN(Cc1ccc(C)cc1)C(=O)c1cncc(Cl)n1. The fraction of sp³-hybridized carbons (Fsp3) is 0.312. The van der Waals surface area contributed by atoms with E-state index in [0.29, 0.717) is 13.1 Å². The van der Waals surface area contributed by atoms with Crippen LogP contribution in [-0.4, -0.2) is 27.3 Å². The number of rotatable bonds is 5. The van der Waals surface area contributed by atoms with Crippen LogP contribution < -0.4 is 0 Å². The van der Waals surface area contributed by atoms with Gasteiger partial charge >= 0.3 is 0 Å². The van der Waals surface area contributed by atoms with E-state index < -0.39 is 0 Å². The van der Waals surface area contributed by atoms with Gasteiger partial charge in [-0.15, -0.1) is 0 Å². The first-order chi connectivity index (χ1) is 10.1. The molecule has 21 heavy (non-hydrogen) atoms. The lowest BCUT2D eigenvalue weighted by atomic mass is 10.1. The summed E-state index contributed by atoms with van der Waals surface area (Å²) in [6.07, 6.45) is 3.75. The molecule has 0 saturated carbocycles. The molecule has 0 aliphatic carbocycles.